The highest BCUT2D eigenvalue weighted by molar-refractivity contribution is 5.74. The molecule has 0 spiro atoms. The van der Waals surface area contributed by atoms with E-state index in [-0.39, 0.29) is 6.03 Å². The lowest BCUT2D eigenvalue weighted by molar-refractivity contribution is 0.206. The number of aryl methyl sites for hydroxylation is 1. The number of likely N-dealkylation sites (tertiary alicyclic amines) is 1. The molecule has 0 radical (unpaired) electrons. The maximum absolute atomic E-state index is 12.5. The highest BCUT2D eigenvalue weighted by Gasteiger charge is 2.29. The number of aromatic nitrogens is 2. The molecule has 1 saturated carbocycles. The van der Waals surface area contributed by atoms with Crippen LogP contribution in [0.4, 0.5) is 4.79 Å². The fraction of sp³-hybridized carbons (Fsp3) is 0.545. The van der Waals surface area contributed by atoms with Crippen LogP contribution in [0.1, 0.15) is 48.7 Å². The Balaban J connectivity index is 1.26. The highest BCUT2D eigenvalue weighted by atomic mass is 16.2. The molecule has 1 aliphatic carbocycles. The summed E-state index contributed by atoms with van der Waals surface area (Å²) in [4.78, 5) is 19.1. The second kappa shape index (κ2) is 8.15. The van der Waals surface area contributed by atoms with E-state index in [2.05, 4.69) is 33.9 Å². The van der Waals surface area contributed by atoms with E-state index in [0.717, 1.165) is 32.5 Å². The van der Waals surface area contributed by atoms with E-state index < -0.39 is 0 Å². The van der Waals surface area contributed by atoms with Crippen LogP contribution >= 0.6 is 0 Å². The molecule has 2 amide bonds. The van der Waals surface area contributed by atoms with Crippen LogP contribution < -0.4 is 5.32 Å². The summed E-state index contributed by atoms with van der Waals surface area (Å²) in [6.07, 6.45) is 7.85. The van der Waals surface area contributed by atoms with Gasteiger partial charge in [-0.25, -0.2) is 9.78 Å². The molecule has 5 nitrogen and oxygen atoms in total. The number of imidazole rings is 1. The number of nitrogens with one attached hydrogen (secondary N) is 1. The topological polar surface area (TPSA) is 50.2 Å². The van der Waals surface area contributed by atoms with Gasteiger partial charge in [0.2, 0.25) is 0 Å². The lowest BCUT2D eigenvalue weighted by Crippen LogP contribution is -2.39. The molecule has 5 heteroatoms. The lowest BCUT2D eigenvalue weighted by atomic mass is 9.84. The number of amides is 2. The van der Waals surface area contributed by atoms with Crippen molar-refractivity contribution in [2.45, 2.75) is 51.5 Å². The van der Waals surface area contributed by atoms with E-state index in [1.807, 2.05) is 29.3 Å². The van der Waals surface area contributed by atoms with Gasteiger partial charge in [0.25, 0.3) is 0 Å². The Hall–Kier alpha value is -2.30. The van der Waals surface area contributed by atoms with Crippen molar-refractivity contribution in [3.63, 3.8) is 0 Å². The van der Waals surface area contributed by atoms with E-state index in [9.17, 15) is 4.79 Å². The average Bonchev–Trinajstić information content (AvgIpc) is 3.24. The van der Waals surface area contributed by atoms with E-state index in [0.29, 0.717) is 18.4 Å². The lowest BCUT2D eigenvalue weighted by Gasteiger charge is -2.27. The summed E-state index contributed by atoms with van der Waals surface area (Å²) >= 11 is 0. The number of hydrogen-bond acceptors (Lipinski definition) is 2. The number of hydrogen-bond donors (Lipinski definition) is 1. The normalized spacial score (nSPS) is 19.9. The van der Waals surface area contributed by atoms with Gasteiger partial charge >= 0.3 is 6.03 Å². The summed E-state index contributed by atoms with van der Waals surface area (Å²) in [7, 11) is 0. The zero-order valence-electron chi connectivity index (χ0n) is 16.2. The second-order valence-electron chi connectivity index (χ2n) is 8.06. The molecule has 1 atom stereocenters. The smallest absolute Gasteiger partial charge is 0.317 e. The van der Waals surface area contributed by atoms with Crippen molar-refractivity contribution in [1.82, 2.24) is 19.8 Å². The van der Waals surface area contributed by atoms with Gasteiger partial charge in [-0.3, -0.25) is 0 Å². The van der Waals surface area contributed by atoms with Gasteiger partial charge in [-0.15, -0.1) is 0 Å². The number of nitrogens with zero attached hydrogens (tertiary/aromatic N) is 3. The molecule has 1 saturated heterocycles. The Kier molecular flexibility index (Phi) is 5.46. The number of carbonyl (C=O) groups is 1. The quantitative estimate of drug-likeness (QED) is 0.847. The Morgan fingerprint density at radius 3 is 2.78 bits per heavy atom. The summed E-state index contributed by atoms with van der Waals surface area (Å²) in [6.45, 7) is 5.54. The molecule has 2 fully saturated rings. The Bertz CT molecular complexity index is 766. The summed E-state index contributed by atoms with van der Waals surface area (Å²) in [5, 5.41) is 3.08. The van der Waals surface area contributed by atoms with Gasteiger partial charge in [0.15, 0.2) is 0 Å². The predicted molar refractivity (Wildman–Crippen MR) is 107 cm³/mol. The van der Waals surface area contributed by atoms with Crippen molar-refractivity contribution in [1.29, 1.82) is 0 Å². The van der Waals surface area contributed by atoms with Crippen LogP contribution in [0.5, 0.6) is 0 Å². The molecule has 1 aliphatic heterocycles. The van der Waals surface area contributed by atoms with E-state index in [1.54, 1.807) is 0 Å². The third-order valence-electron chi connectivity index (χ3n) is 6.10. The van der Waals surface area contributed by atoms with Gasteiger partial charge < -0.3 is 14.8 Å². The largest absolute Gasteiger partial charge is 0.338 e. The molecule has 27 heavy (non-hydrogen) atoms. The van der Waals surface area contributed by atoms with Crippen molar-refractivity contribution >= 4 is 6.03 Å². The van der Waals surface area contributed by atoms with Gasteiger partial charge in [0.05, 0.1) is 0 Å². The van der Waals surface area contributed by atoms with Crippen molar-refractivity contribution < 1.29 is 4.79 Å². The van der Waals surface area contributed by atoms with Crippen molar-refractivity contribution in [2.24, 2.45) is 5.92 Å². The van der Waals surface area contributed by atoms with Crippen LogP contribution in [0.15, 0.2) is 36.5 Å². The first-order chi connectivity index (χ1) is 13.2. The van der Waals surface area contributed by atoms with Crippen LogP contribution in [0.25, 0.3) is 0 Å². The molecule has 2 heterocycles. The van der Waals surface area contributed by atoms with Crippen LogP contribution in [0, 0.1) is 12.8 Å². The summed E-state index contributed by atoms with van der Waals surface area (Å²) in [5.74, 6) is 2.44. The molecule has 1 unspecified atom stereocenters. The van der Waals surface area contributed by atoms with Crippen molar-refractivity contribution in [3.8, 4) is 0 Å². The molecular formula is C22H30N4O. The fourth-order valence-corrected chi connectivity index (χ4v) is 4.20. The maximum atomic E-state index is 12.5. The molecule has 144 valence electrons. The van der Waals surface area contributed by atoms with Crippen LogP contribution in [-0.2, 0) is 13.0 Å². The van der Waals surface area contributed by atoms with E-state index in [4.69, 9.17) is 0 Å². The molecule has 1 aromatic carbocycles. The summed E-state index contributed by atoms with van der Waals surface area (Å²) in [6, 6.07) is 10.4. The zero-order chi connectivity index (χ0) is 18.6. The fourth-order valence-electron chi connectivity index (χ4n) is 4.20. The second-order valence-corrected chi connectivity index (χ2v) is 8.06. The molecular weight excluding hydrogens is 336 g/mol. The number of rotatable bonds is 6. The maximum Gasteiger partial charge on any atom is 0.317 e. The Morgan fingerprint density at radius 2 is 2.04 bits per heavy atom. The summed E-state index contributed by atoms with van der Waals surface area (Å²) < 4.78 is 2.41. The third kappa shape index (κ3) is 4.18. The molecule has 1 aromatic heterocycles. The number of urea groups is 1. The molecule has 0 bridgehead atoms. The first kappa shape index (κ1) is 18.1. The van der Waals surface area contributed by atoms with Crippen molar-refractivity contribution in [3.05, 3.63) is 53.6 Å². The summed E-state index contributed by atoms with van der Waals surface area (Å²) in [5.41, 5.74) is 2.51. The standard InChI is InChI=1S/C22H30N4O/c1-17-14-24-21(20-8-5-9-20)26(17)16-19-11-13-25(15-19)22(27)23-12-10-18-6-3-2-4-7-18/h2-4,6-7,14,19-20H,5,8-13,15-16H2,1H3,(H,23,27). The van der Waals surface area contributed by atoms with Gasteiger partial charge in [-0.2, -0.15) is 0 Å². The third-order valence-corrected chi connectivity index (χ3v) is 6.10. The van der Waals surface area contributed by atoms with Gasteiger partial charge in [-0.05, 0) is 44.1 Å². The van der Waals surface area contributed by atoms with E-state index in [1.165, 1.54) is 36.3 Å². The molecule has 2 aromatic rings. The number of benzene rings is 1. The highest BCUT2D eigenvalue weighted by Crippen LogP contribution is 2.36. The average molecular weight is 367 g/mol. The van der Waals surface area contributed by atoms with Gasteiger partial charge in [-0.1, -0.05) is 36.8 Å². The Morgan fingerprint density at radius 1 is 1.22 bits per heavy atom. The van der Waals surface area contributed by atoms with Crippen molar-refractivity contribution in [2.75, 3.05) is 19.6 Å². The first-order valence-electron chi connectivity index (χ1n) is 10.3. The minimum absolute atomic E-state index is 0.0787. The van der Waals surface area contributed by atoms with Crippen LogP contribution in [0.2, 0.25) is 0 Å². The first-order valence-corrected chi connectivity index (χ1v) is 10.3. The predicted octanol–water partition coefficient (Wildman–Crippen LogP) is 3.73. The number of carbonyl (C=O) groups excluding carboxylic acids is 1. The SMILES string of the molecule is Cc1cnc(C2CCC2)n1CC1CCN(C(=O)NCCc2ccccc2)C1. The minimum atomic E-state index is 0.0787. The van der Waals surface area contributed by atoms with Gasteiger partial charge in [0.1, 0.15) is 5.82 Å². The van der Waals surface area contributed by atoms with E-state index >= 15 is 0 Å². The molecule has 4 rings (SSSR count). The van der Waals surface area contributed by atoms with Crippen LogP contribution in [0.3, 0.4) is 0 Å². The van der Waals surface area contributed by atoms with Gasteiger partial charge in [0, 0.05) is 44.0 Å². The Labute approximate surface area is 161 Å². The monoisotopic (exact) mass is 366 g/mol. The van der Waals surface area contributed by atoms with Crippen LogP contribution in [-0.4, -0.2) is 40.1 Å². The zero-order valence-corrected chi connectivity index (χ0v) is 16.2. The minimum Gasteiger partial charge on any atom is -0.338 e. The molecule has 2 aliphatic rings. The molecule has 1 N–H and O–H groups in total.